The molecule has 0 aromatic heterocycles. The van der Waals surface area contributed by atoms with E-state index in [1.54, 1.807) is 4.31 Å². The Morgan fingerprint density at radius 2 is 1.67 bits per heavy atom. The van der Waals surface area contributed by atoms with E-state index in [1.807, 2.05) is 6.92 Å². The molecule has 0 aliphatic carbocycles. The fourth-order valence-electron chi connectivity index (χ4n) is 3.01. The van der Waals surface area contributed by atoms with Gasteiger partial charge in [-0.15, -0.1) is 0 Å². The SMILES string of the molecule is CC1CCCCN1S(=O)(=O)N1CCCCC1CO. The fourth-order valence-corrected chi connectivity index (χ4v) is 5.11. The summed E-state index contributed by atoms with van der Waals surface area (Å²) in [4.78, 5) is 0. The van der Waals surface area contributed by atoms with E-state index in [2.05, 4.69) is 0 Å². The van der Waals surface area contributed by atoms with Crippen LogP contribution in [0.3, 0.4) is 0 Å². The molecule has 0 aromatic rings. The van der Waals surface area contributed by atoms with Gasteiger partial charge in [0, 0.05) is 25.2 Å². The first-order chi connectivity index (χ1) is 8.57. The maximum Gasteiger partial charge on any atom is 0.282 e. The molecular weight excluding hydrogens is 252 g/mol. The lowest BCUT2D eigenvalue weighted by molar-refractivity contribution is 0.141. The molecule has 1 N–H and O–H groups in total. The van der Waals surface area contributed by atoms with E-state index >= 15 is 0 Å². The molecule has 2 heterocycles. The Hall–Kier alpha value is -0.170. The van der Waals surface area contributed by atoms with Gasteiger partial charge in [0.25, 0.3) is 10.2 Å². The third-order valence-corrected chi connectivity index (χ3v) is 6.33. The Labute approximate surface area is 110 Å². The highest BCUT2D eigenvalue weighted by molar-refractivity contribution is 7.86. The number of nitrogens with zero attached hydrogens (tertiary/aromatic N) is 2. The van der Waals surface area contributed by atoms with Crippen molar-refractivity contribution < 1.29 is 13.5 Å². The van der Waals surface area contributed by atoms with Gasteiger partial charge in [-0.1, -0.05) is 12.8 Å². The monoisotopic (exact) mass is 276 g/mol. The van der Waals surface area contributed by atoms with Gasteiger partial charge in [-0.25, -0.2) is 0 Å². The summed E-state index contributed by atoms with van der Waals surface area (Å²) in [6.07, 6.45) is 5.68. The van der Waals surface area contributed by atoms with Crippen LogP contribution in [-0.4, -0.2) is 53.9 Å². The summed E-state index contributed by atoms with van der Waals surface area (Å²) < 4.78 is 28.5. The molecule has 0 radical (unpaired) electrons. The summed E-state index contributed by atoms with van der Waals surface area (Å²) in [7, 11) is -3.39. The molecule has 5 nitrogen and oxygen atoms in total. The van der Waals surface area contributed by atoms with Crippen molar-refractivity contribution >= 4 is 10.2 Å². The number of aliphatic hydroxyl groups excluding tert-OH is 1. The summed E-state index contributed by atoms with van der Waals surface area (Å²) in [5, 5.41) is 9.36. The zero-order valence-corrected chi connectivity index (χ0v) is 11.9. The van der Waals surface area contributed by atoms with Crippen LogP contribution in [0.5, 0.6) is 0 Å². The van der Waals surface area contributed by atoms with Gasteiger partial charge in [0.05, 0.1) is 6.61 Å². The molecule has 18 heavy (non-hydrogen) atoms. The number of hydrogen-bond acceptors (Lipinski definition) is 3. The maximum atomic E-state index is 12.7. The zero-order valence-electron chi connectivity index (χ0n) is 11.1. The number of piperidine rings is 2. The van der Waals surface area contributed by atoms with Crippen LogP contribution < -0.4 is 0 Å². The Bertz CT molecular complexity index is 372. The molecule has 6 heteroatoms. The number of rotatable bonds is 3. The van der Waals surface area contributed by atoms with Crippen molar-refractivity contribution in [3.05, 3.63) is 0 Å². The molecule has 0 saturated carbocycles. The molecule has 0 spiro atoms. The third kappa shape index (κ3) is 2.71. The highest BCUT2D eigenvalue weighted by atomic mass is 32.2. The highest BCUT2D eigenvalue weighted by Gasteiger charge is 2.38. The lowest BCUT2D eigenvalue weighted by atomic mass is 10.1. The van der Waals surface area contributed by atoms with E-state index in [0.29, 0.717) is 13.1 Å². The van der Waals surface area contributed by atoms with E-state index < -0.39 is 10.2 Å². The molecule has 0 bridgehead atoms. The minimum atomic E-state index is -3.39. The fraction of sp³-hybridized carbons (Fsp3) is 1.00. The minimum absolute atomic E-state index is 0.0680. The third-order valence-electron chi connectivity index (χ3n) is 4.12. The summed E-state index contributed by atoms with van der Waals surface area (Å²) in [6, 6.07) is -0.136. The van der Waals surface area contributed by atoms with Crippen LogP contribution in [0.4, 0.5) is 0 Å². The van der Waals surface area contributed by atoms with Crippen LogP contribution in [0.15, 0.2) is 0 Å². The van der Waals surface area contributed by atoms with E-state index in [9.17, 15) is 13.5 Å². The predicted molar refractivity (Wildman–Crippen MR) is 70.4 cm³/mol. The van der Waals surface area contributed by atoms with Gasteiger partial charge in [-0.2, -0.15) is 17.0 Å². The second-order valence-electron chi connectivity index (χ2n) is 5.41. The summed E-state index contributed by atoms with van der Waals surface area (Å²) in [5.74, 6) is 0. The van der Waals surface area contributed by atoms with Gasteiger partial charge >= 0.3 is 0 Å². The van der Waals surface area contributed by atoms with Gasteiger partial charge in [0.1, 0.15) is 0 Å². The molecule has 2 rings (SSSR count). The molecule has 2 atom stereocenters. The first-order valence-corrected chi connectivity index (χ1v) is 8.36. The minimum Gasteiger partial charge on any atom is -0.395 e. The standard InChI is InChI=1S/C12H24N2O3S/c1-11-6-2-4-8-13(11)18(16,17)14-9-5-3-7-12(14)10-15/h11-12,15H,2-10H2,1H3. The van der Waals surface area contributed by atoms with Crippen LogP contribution >= 0.6 is 0 Å². The molecule has 2 aliphatic rings. The first-order valence-electron chi connectivity index (χ1n) is 6.97. The molecule has 2 aliphatic heterocycles. The Balaban J connectivity index is 2.17. The first kappa shape index (κ1) is 14.2. The van der Waals surface area contributed by atoms with Crippen molar-refractivity contribution in [2.24, 2.45) is 0 Å². The van der Waals surface area contributed by atoms with Crippen molar-refractivity contribution in [1.82, 2.24) is 8.61 Å². The normalized spacial score (nSPS) is 32.6. The molecule has 0 amide bonds. The quantitative estimate of drug-likeness (QED) is 0.835. The van der Waals surface area contributed by atoms with Gasteiger partial charge in [0.2, 0.25) is 0 Å². The van der Waals surface area contributed by atoms with Crippen molar-refractivity contribution in [1.29, 1.82) is 0 Å². The lowest BCUT2D eigenvalue weighted by Crippen LogP contribution is -2.55. The molecule has 106 valence electrons. The van der Waals surface area contributed by atoms with Gasteiger partial charge < -0.3 is 5.11 Å². The van der Waals surface area contributed by atoms with Crippen LogP contribution in [0, 0.1) is 0 Å². The second kappa shape index (κ2) is 5.86. The molecule has 2 fully saturated rings. The number of aliphatic hydroxyl groups is 1. The van der Waals surface area contributed by atoms with Crippen molar-refractivity contribution in [2.75, 3.05) is 19.7 Å². The average molecular weight is 276 g/mol. The largest absolute Gasteiger partial charge is 0.395 e. The van der Waals surface area contributed by atoms with Crippen LogP contribution in [0.2, 0.25) is 0 Å². The number of hydrogen-bond donors (Lipinski definition) is 1. The van der Waals surface area contributed by atoms with Crippen LogP contribution in [0.1, 0.15) is 45.4 Å². The Morgan fingerprint density at radius 3 is 2.28 bits per heavy atom. The molecule has 2 saturated heterocycles. The van der Waals surface area contributed by atoms with Crippen LogP contribution in [-0.2, 0) is 10.2 Å². The maximum absolute atomic E-state index is 12.7. The van der Waals surface area contributed by atoms with Gasteiger partial charge in [-0.05, 0) is 32.6 Å². The molecule has 2 unspecified atom stereocenters. The van der Waals surface area contributed by atoms with Crippen LogP contribution in [0.25, 0.3) is 0 Å². The van der Waals surface area contributed by atoms with Crippen molar-refractivity contribution in [2.45, 2.75) is 57.5 Å². The zero-order chi connectivity index (χ0) is 13.2. The predicted octanol–water partition coefficient (Wildman–Crippen LogP) is 0.952. The second-order valence-corrected chi connectivity index (χ2v) is 7.24. The smallest absolute Gasteiger partial charge is 0.282 e. The van der Waals surface area contributed by atoms with E-state index in [1.165, 1.54) is 4.31 Å². The summed E-state index contributed by atoms with van der Waals surface area (Å²) in [5.41, 5.74) is 0. The van der Waals surface area contributed by atoms with Gasteiger partial charge in [-0.3, -0.25) is 0 Å². The Kier molecular flexibility index (Phi) is 4.64. The summed E-state index contributed by atoms with van der Waals surface area (Å²) >= 11 is 0. The van der Waals surface area contributed by atoms with E-state index in [4.69, 9.17) is 0 Å². The van der Waals surface area contributed by atoms with E-state index in [-0.39, 0.29) is 18.7 Å². The summed E-state index contributed by atoms with van der Waals surface area (Å²) in [6.45, 7) is 3.09. The Morgan fingerprint density at radius 1 is 1.06 bits per heavy atom. The molecular formula is C12H24N2O3S. The molecule has 0 aromatic carbocycles. The average Bonchev–Trinajstić information content (AvgIpc) is 2.39. The topological polar surface area (TPSA) is 60.9 Å². The van der Waals surface area contributed by atoms with E-state index in [0.717, 1.165) is 38.5 Å². The van der Waals surface area contributed by atoms with Gasteiger partial charge in [0.15, 0.2) is 0 Å². The van der Waals surface area contributed by atoms with Crippen molar-refractivity contribution in [3.8, 4) is 0 Å². The lowest BCUT2D eigenvalue weighted by Gasteiger charge is -2.40. The highest BCUT2D eigenvalue weighted by Crippen LogP contribution is 2.27. The van der Waals surface area contributed by atoms with Crippen molar-refractivity contribution in [3.63, 3.8) is 0 Å².